The minimum atomic E-state index is -0.426. The third-order valence-corrected chi connectivity index (χ3v) is 3.46. The van der Waals surface area contributed by atoms with Crippen LogP contribution in [0.3, 0.4) is 0 Å². The van der Waals surface area contributed by atoms with Gasteiger partial charge < -0.3 is 10.1 Å². The Morgan fingerprint density at radius 2 is 1.80 bits per heavy atom. The van der Waals surface area contributed by atoms with Crippen LogP contribution in [0.4, 0.5) is 5.95 Å². The van der Waals surface area contributed by atoms with Gasteiger partial charge in [0.15, 0.2) is 0 Å². The maximum Gasteiger partial charge on any atom is 0.341 e. The first kappa shape index (κ1) is 12.6. The number of hydrogen-bond donors (Lipinski definition) is 1. The number of hydrogen-bond acceptors (Lipinski definition) is 5. The van der Waals surface area contributed by atoms with Crippen molar-refractivity contribution in [1.82, 2.24) is 9.97 Å². The number of esters is 1. The van der Waals surface area contributed by atoms with Crippen LogP contribution in [0, 0.1) is 0 Å². The molecule has 102 valence electrons. The quantitative estimate of drug-likeness (QED) is 0.861. The van der Waals surface area contributed by atoms with Gasteiger partial charge in [-0.25, -0.2) is 14.8 Å². The molecule has 0 unspecified atom stereocenters. The lowest BCUT2D eigenvalue weighted by Crippen LogP contribution is -2.21. The predicted molar refractivity (Wildman–Crippen MR) is 74.6 cm³/mol. The van der Waals surface area contributed by atoms with Crippen molar-refractivity contribution < 1.29 is 9.53 Å². The van der Waals surface area contributed by atoms with E-state index in [9.17, 15) is 4.79 Å². The fourth-order valence-corrected chi connectivity index (χ4v) is 2.47. The van der Waals surface area contributed by atoms with Crippen LogP contribution in [0.25, 0.3) is 0 Å². The summed E-state index contributed by atoms with van der Waals surface area (Å²) in [6.45, 7) is 0. The maximum atomic E-state index is 11.3. The summed E-state index contributed by atoms with van der Waals surface area (Å²) < 4.78 is 4.61. The van der Waals surface area contributed by atoms with Crippen molar-refractivity contribution in [2.75, 3.05) is 12.4 Å². The smallest absolute Gasteiger partial charge is 0.341 e. The number of ether oxygens (including phenoxy) is 1. The van der Waals surface area contributed by atoms with E-state index in [0.29, 0.717) is 17.6 Å². The van der Waals surface area contributed by atoms with E-state index in [1.807, 2.05) is 0 Å². The van der Waals surface area contributed by atoms with Gasteiger partial charge in [0.05, 0.1) is 12.7 Å². The molecule has 1 N–H and O–H groups in total. The lowest BCUT2D eigenvalue weighted by atomic mass is 10.1. The van der Waals surface area contributed by atoms with Crippen LogP contribution >= 0.6 is 0 Å². The van der Waals surface area contributed by atoms with Gasteiger partial charge in [-0.1, -0.05) is 24.3 Å². The van der Waals surface area contributed by atoms with Gasteiger partial charge in [0.2, 0.25) is 5.95 Å². The zero-order chi connectivity index (χ0) is 13.9. The van der Waals surface area contributed by atoms with E-state index in [0.717, 1.165) is 12.8 Å². The molecule has 1 aromatic carbocycles. The van der Waals surface area contributed by atoms with Gasteiger partial charge in [0.1, 0.15) is 0 Å². The number of nitrogens with zero attached hydrogens (tertiary/aromatic N) is 2. The number of carbonyl (C=O) groups is 1. The van der Waals surface area contributed by atoms with Crippen molar-refractivity contribution in [1.29, 1.82) is 0 Å². The third-order valence-electron chi connectivity index (χ3n) is 3.46. The summed E-state index contributed by atoms with van der Waals surface area (Å²) in [5.41, 5.74) is 3.10. The Morgan fingerprint density at radius 3 is 2.35 bits per heavy atom. The standard InChI is InChI=1S/C15H15N3O2/c1-20-14(19)12-8-16-15(17-9-12)18-13-6-10-4-2-3-5-11(10)7-13/h2-5,8-9,13H,6-7H2,1H3,(H,16,17,18). The van der Waals surface area contributed by atoms with Crippen LogP contribution in [0.15, 0.2) is 36.7 Å². The Hall–Kier alpha value is -2.43. The maximum absolute atomic E-state index is 11.3. The van der Waals surface area contributed by atoms with Crippen molar-refractivity contribution in [3.8, 4) is 0 Å². The Balaban J connectivity index is 1.66. The molecule has 1 aliphatic carbocycles. The number of aromatic nitrogens is 2. The SMILES string of the molecule is COC(=O)c1cnc(NC2Cc3ccccc3C2)nc1. The number of anilines is 1. The number of carbonyl (C=O) groups excluding carboxylic acids is 1. The summed E-state index contributed by atoms with van der Waals surface area (Å²) in [4.78, 5) is 19.6. The van der Waals surface area contributed by atoms with Crippen LogP contribution in [-0.2, 0) is 17.6 Å². The average molecular weight is 269 g/mol. The fourth-order valence-electron chi connectivity index (χ4n) is 2.47. The molecule has 0 aliphatic heterocycles. The molecule has 0 bridgehead atoms. The summed E-state index contributed by atoms with van der Waals surface area (Å²) >= 11 is 0. The number of fused-ring (bicyclic) bond motifs is 1. The molecule has 2 aromatic rings. The molecule has 5 nitrogen and oxygen atoms in total. The number of benzene rings is 1. The molecule has 1 aromatic heterocycles. The minimum absolute atomic E-state index is 0.302. The zero-order valence-electron chi connectivity index (χ0n) is 11.2. The van der Waals surface area contributed by atoms with Gasteiger partial charge in [-0.15, -0.1) is 0 Å². The van der Waals surface area contributed by atoms with Crippen LogP contribution in [0.2, 0.25) is 0 Å². The molecule has 0 fully saturated rings. The van der Waals surface area contributed by atoms with E-state index < -0.39 is 5.97 Å². The number of nitrogens with one attached hydrogen (secondary N) is 1. The Labute approximate surface area is 117 Å². The molecule has 0 spiro atoms. The molecular formula is C15H15N3O2. The Morgan fingerprint density at radius 1 is 1.20 bits per heavy atom. The van der Waals surface area contributed by atoms with Crippen molar-refractivity contribution in [3.63, 3.8) is 0 Å². The van der Waals surface area contributed by atoms with Crippen LogP contribution in [-0.4, -0.2) is 29.1 Å². The lowest BCUT2D eigenvalue weighted by molar-refractivity contribution is 0.0600. The van der Waals surface area contributed by atoms with Gasteiger partial charge >= 0.3 is 5.97 Å². The van der Waals surface area contributed by atoms with E-state index >= 15 is 0 Å². The van der Waals surface area contributed by atoms with Gasteiger partial charge in [0, 0.05) is 18.4 Å². The number of methoxy groups -OCH3 is 1. The highest BCUT2D eigenvalue weighted by atomic mass is 16.5. The predicted octanol–water partition coefficient (Wildman–Crippen LogP) is 1.84. The van der Waals surface area contributed by atoms with Crippen molar-refractivity contribution in [3.05, 3.63) is 53.3 Å². The summed E-state index contributed by atoms with van der Waals surface area (Å²) in [5, 5.41) is 3.30. The van der Waals surface area contributed by atoms with Crippen LogP contribution < -0.4 is 5.32 Å². The molecule has 20 heavy (non-hydrogen) atoms. The van der Waals surface area contributed by atoms with Crippen molar-refractivity contribution in [2.45, 2.75) is 18.9 Å². The first-order valence-corrected chi connectivity index (χ1v) is 6.50. The highest BCUT2D eigenvalue weighted by molar-refractivity contribution is 5.88. The Kier molecular flexibility index (Phi) is 3.33. The van der Waals surface area contributed by atoms with Gasteiger partial charge in [-0.3, -0.25) is 0 Å². The topological polar surface area (TPSA) is 64.1 Å². The molecule has 5 heteroatoms. The second-order valence-electron chi connectivity index (χ2n) is 4.81. The third kappa shape index (κ3) is 2.47. The van der Waals surface area contributed by atoms with E-state index in [1.54, 1.807) is 0 Å². The molecule has 0 amide bonds. The summed E-state index contributed by atoms with van der Waals surface area (Å²) in [6, 6.07) is 8.72. The highest BCUT2D eigenvalue weighted by Crippen LogP contribution is 2.23. The average Bonchev–Trinajstić information content (AvgIpc) is 2.89. The normalized spacial score (nSPS) is 13.8. The van der Waals surface area contributed by atoms with Crippen molar-refractivity contribution in [2.24, 2.45) is 0 Å². The van der Waals surface area contributed by atoms with Gasteiger partial charge in [-0.2, -0.15) is 0 Å². The summed E-state index contributed by atoms with van der Waals surface area (Å²) in [5.74, 6) is 0.111. The molecule has 0 saturated heterocycles. The van der Waals surface area contributed by atoms with Crippen LogP contribution in [0.1, 0.15) is 21.5 Å². The highest BCUT2D eigenvalue weighted by Gasteiger charge is 2.21. The number of rotatable bonds is 3. The van der Waals surface area contributed by atoms with E-state index in [-0.39, 0.29) is 0 Å². The largest absolute Gasteiger partial charge is 0.465 e. The molecule has 1 aliphatic rings. The summed E-state index contributed by atoms with van der Waals surface area (Å²) in [6.07, 6.45) is 4.89. The first-order chi connectivity index (χ1) is 9.76. The van der Waals surface area contributed by atoms with Gasteiger partial charge in [-0.05, 0) is 24.0 Å². The van der Waals surface area contributed by atoms with E-state index in [4.69, 9.17) is 0 Å². The Bertz CT molecular complexity index is 600. The molecule has 0 saturated carbocycles. The molecule has 3 rings (SSSR count). The molecule has 0 atom stereocenters. The molecule has 1 heterocycles. The second-order valence-corrected chi connectivity index (χ2v) is 4.81. The molecule has 0 radical (unpaired) electrons. The van der Waals surface area contributed by atoms with Crippen LogP contribution in [0.5, 0.6) is 0 Å². The summed E-state index contributed by atoms with van der Waals surface area (Å²) in [7, 11) is 1.34. The van der Waals surface area contributed by atoms with E-state index in [2.05, 4.69) is 44.3 Å². The second kappa shape index (κ2) is 5.28. The van der Waals surface area contributed by atoms with E-state index in [1.165, 1.54) is 30.6 Å². The monoisotopic (exact) mass is 269 g/mol. The lowest BCUT2D eigenvalue weighted by Gasteiger charge is -2.11. The fraction of sp³-hybridized carbons (Fsp3) is 0.267. The molecular weight excluding hydrogens is 254 g/mol. The zero-order valence-corrected chi connectivity index (χ0v) is 11.2. The van der Waals surface area contributed by atoms with Gasteiger partial charge in [0.25, 0.3) is 0 Å². The van der Waals surface area contributed by atoms with Crippen molar-refractivity contribution >= 4 is 11.9 Å². The minimum Gasteiger partial charge on any atom is -0.465 e. The first-order valence-electron chi connectivity index (χ1n) is 6.50.